The lowest BCUT2D eigenvalue weighted by Crippen LogP contribution is -2.80. The van der Waals surface area contributed by atoms with Crippen LogP contribution in [0.5, 0.6) is 0 Å². The molecule has 0 fully saturated rings. The Balaban J connectivity index is 1.63. The molecular weight excluding hydrogens is 398 g/mol. The number of aromatic nitrogens is 2. The fourth-order valence-electron chi connectivity index (χ4n) is 3.16. The molecule has 0 aliphatic carbocycles. The summed E-state index contributed by atoms with van der Waals surface area (Å²) < 4.78 is 3.04. The molecule has 0 unspecified atom stereocenters. The van der Waals surface area contributed by atoms with Crippen molar-refractivity contribution in [3.8, 4) is 16.9 Å². The standard InChI is InChI=1S/C23H20BrN3/c24-21-11-7-10-19(14-21)23-20(16-25-15-18-8-3-1-4-9-18)17-27(26-23)22-12-5-2-6-13-22/h1-14,17,25H,15-16H2/p+1. The van der Waals surface area contributed by atoms with Gasteiger partial charge in [0, 0.05) is 21.8 Å². The van der Waals surface area contributed by atoms with Crippen molar-refractivity contribution in [2.75, 3.05) is 0 Å². The van der Waals surface area contributed by atoms with Crippen molar-refractivity contribution < 1.29 is 5.32 Å². The number of nitrogens with zero attached hydrogens (tertiary/aromatic N) is 2. The normalized spacial score (nSPS) is 10.9. The second kappa shape index (κ2) is 8.33. The van der Waals surface area contributed by atoms with Crippen molar-refractivity contribution in [2.24, 2.45) is 0 Å². The summed E-state index contributed by atoms with van der Waals surface area (Å²) in [5.74, 6) is 0. The molecule has 4 aromatic rings. The highest BCUT2D eigenvalue weighted by atomic mass is 79.9. The third kappa shape index (κ3) is 4.35. The molecule has 0 aliphatic heterocycles. The molecule has 134 valence electrons. The first kappa shape index (κ1) is 17.7. The summed E-state index contributed by atoms with van der Waals surface area (Å²) in [5, 5.41) is 7.22. The summed E-state index contributed by atoms with van der Waals surface area (Å²) >= 11 is 3.58. The van der Waals surface area contributed by atoms with Gasteiger partial charge in [-0.05, 0) is 24.3 Å². The van der Waals surface area contributed by atoms with Crippen LogP contribution in [0.4, 0.5) is 0 Å². The lowest BCUT2D eigenvalue weighted by Gasteiger charge is -2.03. The Morgan fingerprint density at radius 2 is 1.56 bits per heavy atom. The molecule has 0 aliphatic rings. The number of para-hydroxylation sites is 1. The van der Waals surface area contributed by atoms with Gasteiger partial charge in [-0.1, -0.05) is 76.6 Å². The summed E-state index contributed by atoms with van der Waals surface area (Å²) in [7, 11) is 0. The Labute approximate surface area is 167 Å². The van der Waals surface area contributed by atoms with Crippen LogP contribution >= 0.6 is 15.9 Å². The van der Waals surface area contributed by atoms with Gasteiger partial charge in [0.2, 0.25) is 0 Å². The van der Waals surface area contributed by atoms with E-state index in [9.17, 15) is 0 Å². The van der Waals surface area contributed by atoms with Crippen molar-refractivity contribution in [1.82, 2.24) is 9.78 Å². The molecule has 0 radical (unpaired) electrons. The van der Waals surface area contributed by atoms with E-state index in [2.05, 4.69) is 88.1 Å². The molecule has 3 aromatic carbocycles. The number of halogens is 1. The molecule has 0 amide bonds. The number of benzene rings is 3. The Hall–Kier alpha value is -2.69. The quantitative estimate of drug-likeness (QED) is 0.488. The van der Waals surface area contributed by atoms with Crippen molar-refractivity contribution in [3.05, 3.63) is 107 Å². The Bertz CT molecular complexity index is 1010. The first-order valence-electron chi connectivity index (χ1n) is 9.05. The molecule has 2 N–H and O–H groups in total. The van der Waals surface area contributed by atoms with E-state index in [0.29, 0.717) is 0 Å². The number of rotatable bonds is 6. The Kier molecular flexibility index (Phi) is 5.47. The first-order chi connectivity index (χ1) is 13.3. The van der Waals surface area contributed by atoms with E-state index in [4.69, 9.17) is 5.10 Å². The highest BCUT2D eigenvalue weighted by molar-refractivity contribution is 9.10. The van der Waals surface area contributed by atoms with Crippen LogP contribution in [-0.4, -0.2) is 9.78 Å². The zero-order valence-electron chi connectivity index (χ0n) is 14.9. The third-order valence-electron chi connectivity index (χ3n) is 4.50. The predicted octanol–water partition coefficient (Wildman–Crippen LogP) is 4.57. The smallest absolute Gasteiger partial charge is 0.105 e. The Morgan fingerprint density at radius 1 is 0.815 bits per heavy atom. The summed E-state index contributed by atoms with van der Waals surface area (Å²) in [5.41, 5.74) is 5.79. The third-order valence-corrected chi connectivity index (χ3v) is 4.99. The number of quaternary nitrogens is 1. The largest absolute Gasteiger partial charge is 0.339 e. The second-order valence-electron chi connectivity index (χ2n) is 6.48. The van der Waals surface area contributed by atoms with Gasteiger partial charge in [0.05, 0.1) is 11.3 Å². The van der Waals surface area contributed by atoms with Gasteiger partial charge in [-0.2, -0.15) is 5.10 Å². The minimum atomic E-state index is 0.879. The van der Waals surface area contributed by atoms with E-state index in [0.717, 1.165) is 34.5 Å². The number of hydrogen-bond acceptors (Lipinski definition) is 1. The predicted molar refractivity (Wildman–Crippen MR) is 112 cm³/mol. The molecule has 0 saturated carbocycles. The van der Waals surface area contributed by atoms with Crippen LogP contribution in [0.15, 0.2) is 95.6 Å². The molecule has 1 heterocycles. The molecule has 27 heavy (non-hydrogen) atoms. The molecule has 0 saturated heterocycles. The van der Waals surface area contributed by atoms with E-state index < -0.39 is 0 Å². The van der Waals surface area contributed by atoms with Gasteiger partial charge >= 0.3 is 0 Å². The second-order valence-corrected chi connectivity index (χ2v) is 7.39. The summed E-state index contributed by atoms with van der Waals surface area (Å²) in [6.45, 7) is 1.83. The van der Waals surface area contributed by atoms with E-state index in [1.807, 2.05) is 28.9 Å². The van der Waals surface area contributed by atoms with Crippen LogP contribution in [0.25, 0.3) is 16.9 Å². The average Bonchev–Trinajstić information content (AvgIpc) is 3.14. The van der Waals surface area contributed by atoms with Crippen molar-refractivity contribution in [3.63, 3.8) is 0 Å². The van der Waals surface area contributed by atoms with Gasteiger partial charge < -0.3 is 5.32 Å². The van der Waals surface area contributed by atoms with Gasteiger partial charge in [-0.3, -0.25) is 0 Å². The van der Waals surface area contributed by atoms with E-state index >= 15 is 0 Å². The monoisotopic (exact) mass is 418 g/mol. The zero-order chi connectivity index (χ0) is 18.5. The minimum absolute atomic E-state index is 0.879. The average molecular weight is 419 g/mol. The molecule has 0 bridgehead atoms. The number of nitrogens with two attached hydrogens (primary N) is 1. The molecule has 4 rings (SSSR count). The van der Waals surface area contributed by atoms with Crippen LogP contribution in [-0.2, 0) is 13.1 Å². The van der Waals surface area contributed by atoms with Crippen LogP contribution < -0.4 is 5.32 Å². The molecule has 4 heteroatoms. The summed E-state index contributed by atoms with van der Waals surface area (Å²) in [6.07, 6.45) is 2.15. The minimum Gasteiger partial charge on any atom is -0.339 e. The fraction of sp³-hybridized carbons (Fsp3) is 0.0870. The summed E-state index contributed by atoms with van der Waals surface area (Å²) in [6, 6.07) is 29.2. The maximum Gasteiger partial charge on any atom is 0.105 e. The topological polar surface area (TPSA) is 34.4 Å². The molecule has 0 atom stereocenters. The van der Waals surface area contributed by atoms with Gasteiger partial charge in [0.1, 0.15) is 18.8 Å². The fourth-order valence-corrected chi connectivity index (χ4v) is 3.56. The molecule has 1 aromatic heterocycles. The van der Waals surface area contributed by atoms with Crippen molar-refractivity contribution in [1.29, 1.82) is 0 Å². The van der Waals surface area contributed by atoms with Crippen LogP contribution in [0.2, 0.25) is 0 Å². The SMILES string of the molecule is Brc1cccc(-c2nn(-c3ccccc3)cc2C[NH2+]Cc2ccccc2)c1. The zero-order valence-corrected chi connectivity index (χ0v) is 16.5. The molecule has 0 spiro atoms. The van der Waals surface area contributed by atoms with Gasteiger partial charge in [-0.25, -0.2) is 4.68 Å². The van der Waals surface area contributed by atoms with E-state index in [1.54, 1.807) is 0 Å². The van der Waals surface area contributed by atoms with E-state index in [1.165, 1.54) is 11.1 Å². The highest BCUT2D eigenvalue weighted by Gasteiger charge is 2.14. The van der Waals surface area contributed by atoms with Gasteiger partial charge in [-0.15, -0.1) is 0 Å². The van der Waals surface area contributed by atoms with Crippen LogP contribution in [0.3, 0.4) is 0 Å². The van der Waals surface area contributed by atoms with Crippen molar-refractivity contribution in [2.45, 2.75) is 13.1 Å². The maximum absolute atomic E-state index is 4.89. The summed E-state index contributed by atoms with van der Waals surface area (Å²) in [4.78, 5) is 0. The highest BCUT2D eigenvalue weighted by Crippen LogP contribution is 2.25. The van der Waals surface area contributed by atoms with Gasteiger partial charge in [0.25, 0.3) is 0 Å². The van der Waals surface area contributed by atoms with E-state index in [-0.39, 0.29) is 0 Å². The molecular formula is C23H21BrN3+. The molecule has 3 nitrogen and oxygen atoms in total. The van der Waals surface area contributed by atoms with Crippen LogP contribution in [0, 0.1) is 0 Å². The Morgan fingerprint density at radius 3 is 2.30 bits per heavy atom. The maximum atomic E-state index is 4.89. The lowest BCUT2D eigenvalue weighted by atomic mass is 10.1. The lowest BCUT2D eigenvalue weighted by molar-refractivity contribution is -0.686. The first-order valence-corrected chi connectivity index (χ1v) is 9.84. The number of hydrogen-bond donors (Lipinski definition) is 1. The van der Waals surface area contributed by atoms with Crippen molar-refractivity contribution >= 4 is 15.9 Å². The van der Waals surface area contributed by atoms with Gasteiger partial charge in [0.15, 0.2) is 0 Å². The van der Waals surface area contributed by atoms with Crippen LogP contribution in [0.1, 0.15) is 11.1 Å².